The Hall–Kier alpha value is -3.29. The minimum atomic E-state index is -0.530. The number of rotatable bonds is 5. The molecule has 1 aromatic heterocycles. The third-order valence-corrected chi connectivity index (χ3v) is 5.42. The summed E-state index contributed by atoms with van der Waals surface area (Å²) in [4.78, 5) is 38.1. The fourth-order valence-electron chi connectivity index (χ4n) is 2.83. The number of amides is 3. The summed E-state index contributed by atoms with van der Waals surface area (Å²) in [5.74, 6) is 0.0593. The van der Waals surface area contributed by atoms with Crippen LogP contribution in [0.25, 0.3) is 17.4 Å². The van der Waals surface area contributed by atoms with Crippen molar-refractivity contribution in [2.24, 2.45) is 0 Å². The Balaban J connectivity index is 1.45. The van der Waals surface area contributed by atoms with Crippen LogP contribution in [0.15, 0.2) is 76.1 Å². The van der Waals surface area contributed by atoms with E-state index in [9.17, 15) is 14.4 Å². The number of para-hydroxylation sites is 1. The predicted octanol–water partition coefficient (Wildman–Crippen LogP) is 5.28. The summed E-state index contributed by atoms with van der Waals surface area (Å²) >= 11 is 6.67. The molecule has 4 rings (SSSR count). The van der Waals surface area contributed by atoms with Crippen LogP contribution in [0.1, 0.15) is 5.76 Å². The van der Waals surface area contributed by atoms with Crippen molar-refractivity contribution in [2.45, 2.75) is 0 Å². The van der Waals surface area contributed by atoms with E-state index in [2.05, 4.69) is 5.32 Å². The Morgan fingerprint density at radius 2 is 1.77 bits per heavy atom. The Bertz CT molecular complexity index is 1140. The Morgan fingerprint density at radius 3 is 2.50 bits per heavy atom. The molecule has 3 aromatic rings. The molecule has 0 bridgehead atoms. The highest BCUT2D eigenvalue weighted by Crippen LogP contribution is 2.33. The van der Waals surface area contributed by atoms with Crippen LogP contribution in [-0.2, 0) is 9.59 Å². The first-order valence-electron chi connectivity index (χ1n) is 8.95. The highest BCUT2D eigenvalue weighted by atomic mass is 35.5. The molecule has 1 N–H and O–H groups in total. The summed E-state index contributed by atoms with van der Waals surface area (Å²) < 4.78 is 5.76. The number of furan rings is 1. The number of thioether (sulfide) groups is 1. The van der Waals surface area contributed by atoms with Crippen LogP contribution in [0.3, 0.4) is 0 Å². The van der Waals surface area contributed by atoms with Gasteiger partial charge in [-0.25, -0.2) is 0 Å². The zero-order valence-electron chi connectivity index (χ0n) is 15.5. The first kappa shape index (κ1) is 20.0. The van der Waals surface area contributed by atoms with Gasteiger partial charge in [-0.05, 0) is 60.3 Å². The van der Waals surface area contributed by atoms with Gasteiger partial charge in [-0.1, -0.05) is 29.8 Å². The molecule has 0 unspecified atom stereocenters. The van der Waals surface area contributed by atoms with E-state index in [1.165, 1.54) is 6.08 Å². The summed E-state index contributed by atoms with van der Waals surface area (Å²) in [5, 5.41) is 2.78. The van der Waals surface area contributed by atoms with Crippen LogP contribution >= 0.6 is 23.4 Å². The molecule has 1 aliphatic heterocycles. The van der Waals surface area contributed by atoms with Crippen molar-refractivity contribution in [2.75, 3.05) is 11.9 Å². The number of carbonyl (C=O) groups excluding carboxylic acids is 3. The summed E-state index contributed by atoms with van der Waals surface area (Å²) in [5.41, 5.74) is 1.43. The van der Waals surface area contributed by atoms with Crippen LogP contribution in [0, 0.1) is 0 Å². The van der Waals surface area contributed by atoms with Gasteiger partial charge in [-0.2, -0.15) is 0 Å². The van der Waals surface area contributed by atoms with E-state index in [1.807, 2.05) is 18.2 Å². The second kappa shape index (κ2) is 8.61. The second-order valence-corrected chi connectivity index (χ2v) is 7.82. The second-order valence-electron chi connectivity index (χ2n) is 6.39. The molecule has 150 valence electrons. The molecule has 30 heavy (non-hydrogen) atoms. The quantitative estimate of drug-likeness (QED) is 0.548. The molecule has 0 atom stereocenters. The number of anilines is 1. The smallest absolute Gasteiger partial charge is 0.294 e. The number of halogens is 1. The maximum absolute atomic E-state index is 12.6. The van der Waals surface area contributed by atoms with Crippen molar-refractivity contribution in [1.29, 1.82) is 0 Å². The maximum Gasteiger partial charge on any atom is 0.294 e. The lowest BCUT2D eigenvalue weighted by atomic mass is 10.2. The van der Waals surface area contributed by atoms with Crippen LogP contribution in [0.2, 0.25) is 5.02 Å². The van der Waals surface area contributed by atoms with Gasteiger partial charge in [-0.3, -0.25) is 19.3 Å². The van der Waals surface area contributed by atoms with Gasteiger partial charge in [-0.15, -0.1) is 0 Å². The maximum atomic E-state index is 12.6. The lowest BCUT2D eigenvalue weighted by Gasteiger charge is -2.12. The van der Waals surface area contributed by atoms with E-state index in [4.69, 9.17) is 16.0 Å². The van der Waals surface area contributed by atoms with E-state index in [-0.39, 0.29) is 11.4 Å². The molecule has 2 aromatic carbocycles. The van der Waals surface area contributed by atoms with Gasteiger partial charge in [0.05, 0.1) is 4.91 Å². The van der Waals surface area contributed by atoms with Gasteiger partial charge in [0.1, 0.15) is 18.1 Å². The third-order valence-electron chi connectivity index (χ3n) is 4.26. The molecule has 0 aliphatic carbocycles. The number of carbonyl (C=O) groups is 3. The molecular weight excluding hydrogens is 424 g/mol. The predicted molar refractivity (Wildman–Crippen MR) is 117 cm³/mol. The highest BCUT2D eigenvalue weighted by molar-refractivity contribution is 8.18. The van der Waals surface area contributed by atoms with Gasteiger partial charge in [0.15, 0.2) is 0 Å². The van der Waals surface area contributed by atoms with Crippen molar-refractivity contribution in [1.82, 2.24) is 4.90 Å². The van der Waals surface area contributed by atoms with Crippen LogP contribution < -0.4 is 5.32 Å². The summed E-state index contributed by atoms with van der Waals surface area (Å²) in [6.07, 6.45) is 1.50. The van der Waals surface area contributed by atoms with Crippen molar-refractivity contribution in [3.8, 4) is 11.3 Å². The lowest BCUT2D eigenvalue weighted by Crippen LogP contribution is -2.36. The molecule has 0 saturated carbocycles. The number of benzene rings is 2. The van der Waals surface area contributed by atoms with Crippen LogP contribution in [-0.4, -0.2) is 28.5 Å². The van der Waals surface area contributed by atoms with Crippen molar-refractivity contribution in [3.63, 3.8) is 0 Å². The van der Waals surface area contributed by atoms with Crippen molar-refractivity contribution >= 4 is 52.2 Å². The Morgan fingerprint density at radius 1 is 1.03 bits per heavy atom. The van der Waals surface area contributed by atoms with Gasteiger partial charge in [0, 0.05) is 22.3 Å². The number of imide groups is 1. The Labute approximate surface area is 181 Å². The zero-order chi connectivity index (χ0) is 21.1. The number of hydrogen-bond donors (Lipinski definition) is 1. The third kappa shape index (κ3) is 4.48. The molecular formula is C22H15ClN2O4S. The van der Waals surface area contributed by atoms with Gasteiger partial charge in [0.25, 0.3) is 11.1 Å². The zero-order valence-corrected chi connectivity index (χ0v) is 17.1. The molecule has 2 heterocycles. The highest BCUT2D eigenvalue weighted by Gasteiger charge is 2.36. The molecule has 1 fully saturated rings. The van der Waals surface area contributed by atoms with E-state index >= 15 is 0 Å². The summed E-state index contributed by atoms with van der Waals surface area (Å²) in [6, 6.07) is 19.5. The van der Waals surface area contributed by atoms with E-state index in [1.54, 1.807) is 48.5 Å². The normalized spacial score (nSPS) is 15.1. The molecule has 1 saturated heterocycles. The molecule has 0 spiro atoms. The summed E-state index contributed by atoms with van der Waals surface area (Å²) in [6.45, 7) is -0.356. The largest absolute Gasteiger partial charge is 0.457 e. The number of nitrogens with one attached hydrogen (secondary N) is 1. The average molecular weight is 439 g/mol. The van der Waals surface area contributed by atoms with E-state index < -0.39 is 17.1 Å². The van der Waals surface area contributed by atoms with Gasteiger partial charge < -0.3 is 9.73 Å². The van der Waals surface area contributed by atoms with E-state index in [0.717, 1.165) is 22.2 Å². The van der Waals surface area contributed by atoms with Gasteiger partial charge >= 0.3 is 0 Å². The topological polar surface area (TPSA) is 79.6 Å². The average Bonchev–Trinajstić information content (AvgIpc) is 3.30. The van der Waals surface area contributed by atoms with Gasteiger partial charge in [0.2, 0.25) is 5.91 Å². The number of hydrogen-bond acceptors (Lipinski definition) is 5. The first-order valence-corrected chi connectivity index (χ1v) is 10.1. The molecule has 6 nitrogen and oxygen atoms in total. The van der Waals surface area contributed by atoms with Crippen LogP contribution in [0.4, 0.5) is 10.5 Å². The molecule has 3 amide bonds. The van der Waals surface area contributed by atoms with Crippen molar-refractivity contribution in [3.05, 3.63) is 82.4 Å². The summed E-state index contributed by atoms with van der Waals surface area (Å²) in [7, 11) is 0. The molecule has 0 radical (unpaired) electrons. The van der Waals surface area contributed by atoms with E-state index in [0.29, 0.717) is 22.2 Å². The lowest BCUT2D eigenvalue weighted by molar-refractivity contribution is -0.127. The minimum Gasteiger partial charge on any atom is -0.457 e. The molecule has 8 heteroatoms. The minimum absolute atomic E-state index is 0.199. The standard InChI is InChI=1S/C22H15ClN2O4S/c23-15-8-6-14(7-9-15)18-11-10-17(29-18)12-19-21(27)25(22(28)30-19)13-20(26)24-16-4-2-1-3-5-16/h1-12H,13H2,(H,24,26)/b19-12-. The first-order chi connectivity index (χ1) is 14.5. The Kier molecular flexibility index (Phi) is 5.74. The SMILES string of the molecule is O=C(CN1C(=O)S/C(=C\c2ccc(-c3ccc(Cl)cc3)o2)C1=O)Nc1ccccc1. The van der Waals surface area contributed by atoms with Crippen molar-refractivity contribution < 1.29 is 18.8 Å². The fraction of sp³-hybridized carbons (Fsp3) is 0.0455. The number of nitrogens with zero attached hydrogens (tertiary/aromatic N) is 1. The molecule has 1 aliphatic rings. The monoisotopic (exact) mass is 438 g/mol. The van der Waals surface area contributed by atoms with Crippen LogP contribution in [0.5, 0.6) is 0 Å². The fourth-order valence-corrected chi connectivity index (χ4v) is 3.78.